The Labute approximate surface area is 124 Å². The number of carbonyl (C=O) groups is 1. The van der Waals surface area contributed by atoms with Crippen LogP contribution < -0.4 is 5.32 Å². The van der Waals surface area contributed by atoms with Gasteiger partial charge in [-0.3, -0.25) is 0 Å². The number of piperidine rings is 1. The molecule has 1 fully saturated rings. The van der Waals surface area contributed by atoms with Gasteiger partial charge in [-0.1, -0.05) is 13.0 Å². The minimum atomic E-state index is 0.0170. The van der Waals surface area contributed by atoms with E-state index in [0.29, 0.717) is 6.42 Å². The van der Waals surface area contributed by atoms with Gasteiger partial charge in [-0.25, -0.2) is 4.79 Å². The number of thiophene rings is 1. The maximum Gasteiger partial charge on any atom is 0.318 e. The lowest BCUT2D eigenvalue weighted by atomic mass is 10.00. The number of rotatable bonds is 5. The first-order valence-electron chi connectivity index (χ1n) is 7.47. The number of likely N-dealkylation sites (tertiary alicyclic amines) is 1. The molecule has 1 saturated heterocycles. The Bertz CT molecular complexity index is 406. The van der Waals surface area contributed by atoms with E-state index in [9.17, 15) is 4.79 Å². The Morgan fingerprint density at radius 3 is 3.10 bits per heavy atom. The second kappa shape index (κ2) is 7.64. The number of hydrogen-bond acceptors (Lipinski definition) is 3. The third-order valence-corrected chi connectivity index (χ3v) is 4.93. The van der Waals surface area contributed by atoms with Crippen LogP contribution in [0.25, 0.3) is 0 Å². The predicted octanol–water partition coefficient (Wildman–Crippen LogP) is 3.15. The van der Waals surface area contributed by atoms with Crippen LogP contribution >= 0.6 is 11.3 Å². The van der Waals surface area contributed by atoms with Crippen LogP contribution in [0.15, 0.2) is 17.5 Å². The van der Waals surface area contributed by atoms with E-state index in [1.165, 1.54) is 4.88 Å². The van der Waals surface area contributed by atoms with Gasteiger partial charge in [-0.2, -0.15) is 0 Å². The van der Waals surface area contributed by atoms with Gasteiger partial charge < -0.3 is 15.3 Å². The van der Waals surface area contributed by atoms with E-state index in [1.54, 1.807) is 11.3 Å². The molecule has 1 aliphatic heterocycles. The topological polar surface area (TPSA) is 52.6 Å². The molecule has 0 spiro atoms. The van der Waals surface area contributed by atoms with Crippen LogP contribution in [0.2, 0.25) is 0 Å². The average molecular weight is 296 g/mol. The lowest BCUT2D eigenvalue weighted by Gasteiger charge is -2.36. The average Bonchev–Trinajstić information content (AvgIpc) is 2.99. The van der Waals surface area contributed by atoms with Gasteiger partial charge in [0.05, 0.1) is 6.04 Å². The van der Waals surface area contributed by atoms with Crippen molar-refractivity contribution < 1.29 is 9.90 Å². The van der Waals surface area contributed by atoms with Crippen molar-refractivity contribution in [3.05, 3.63) is 22.4 Å². The Balaban J connectivity index is 1.98. The summed E-state index contributed by atoms with van der Waals surface area (Å²) in [5.41, 5.74) is 0. The predicted molar refractivity (Wildman–Crippen MR) is 81.9 cm³/mol. The van der Waals surface area contributed by atoms with Crippen LogP contribution in [0, 0.1) is 0 Å². The molecule has 0 saturated carbocycles. The fourth-order valence-electron chi connectivity index (χ4n) is 2.81. The van der Waals surface area contributed by atoms with Crippen LogP contribution in [0.3, 0.4) is 0 Å². The molecule has 0 radical (unpaired) electrons. The fraction of sp³-hybridized carbons (Fsp3) is 0.667. The van der Waals surface area contributed by atoms with Gasteiger partial charge in [0.15, 0.2) is 0 Å². The number of nitrogens with zero attached hydrogens (tertiary/aromatic N) is 1. The zero-order valence-electron chi connectivity index (χ0n) is 12.0. The Morgan fingerprint density at radius 2 is 2.45 bits per heavy atom. The first-order valence-corrected chi connectivity index (χ1v) is 8.35. The quantitative estimate of drug-likeness (QED) is 0.877. The molecule has 1 aromatic heterocycles. The lowest BCUT2D eigenvalue weighted by molar-refractivity contribution is 0.129. The van der Waals surface area contributed by atoms with E-state index in [0.717, 1.165) is 32.2 Å². The van der Waals surface area contributed by atoms with E-state index in [2.05, 4.69) is 18.3 Å². The number of amides is 2. The van der Waals surface area contributed by atoms with Gasteiger partial charge in [0.2, 0.25) is 0 Å². The van der Waals surface area contributed by atoms with E-state index in [-0.39, 0.29) is 24.7 Å². The van der Waals surface area contributed by atoms with Gasteiger partial charge >= 0.3 is 6.03 Å². The summed E-state index contributed by atoms with van der Waals surface area (Å²) in [6.45, 7) is 3.04. The van der Waals surface area contributed by atoms with Gasteiger partial charge in [-0.15, -0.1) is 11.3 Å². The third kappa shape index (κ3) is 3.73. The van der Waals surface area contributed by atoms with Crippen LogP contribution in [0.4, 0.5) is 4.79 Å². The van der Waals surface area contributed by atoms with Gasteiger partial charge in [-0.05, 0) is 43.6 Å². The highest BCUT2D eigenvalue weighted by molar-refractivity contribution is 7.10. The Hall–Kier alpha value is -1.07. The molecule has 1 aliphatic rings. The number of hydrogen-bond donors (Lipinski definition) is 2. The van der Waals surface area contributed by atoms with E-state index < -0.39 is 0 Å². The van der Waals surface area contributed by atoms with Crippen LogP contribution in [-0.4, -0.2) is 35.2 Å². The summed E-state index contributed by atoms with van der Waals surface area (Å²) >= 11 is 1.68. The summed E-state index contributed by atoms with van der Waals surface area (Å²) in [6.07, 6.45) is 4.79. The van der Waals surface area contributed by atoms with Crippen LogP contribution in [-0.2, 0) is 0 Å². The molecule has 0 bridgehead atoms. The summed E-state index contributed by atoms with van der Waals surface area (Å²) < 4.78 is 0. The molecule has 2 amide bonds. The molecule has 0 aliphatic carbocycles. The second-order valence-electron chi connectivity index (χ2n) is 5.28. The standard InChI is InChI=1S/C15H24N2O2S/c1-2-13(14-7-5-11-20-14)16-15(19)17-9-4-3-6-12(17)8-10-18/h5,7,11-13,18H,2-4,6,8-10H2,1H3,(H,16,19). The highest BCUT2D eigenvalue weighted by atomic mass is 32.1. The molecular formula is C15H24N2O2S. The third-order valence-electron chi connectivity index (χ3n) is 3.94. The number of carbonyl (C=O) groups excluding carboxylic acids is 1. The second-order valence-corrected chi connectivity index (χ2v) is 6.26. The monoisotopic (exact) mass is 296 g/mol. The van der Waals surface area contributed by atoms with Gasteiger partial charge in [0.25, 0.3) is 0 Å². The van der Waals surface area contributed by atoms with Crippen molar-refractivity contribution in [2.75, 3.05) is 13.2 Å². The molecule has 20 heavy (non-hydrogen) atoms. The molecule has 1 aromatic rings. The van der Waals surface area contributed by atoms with Crippen molar-refractivity contribution in [1.29, 1.82) is 0 Å². The maximum absolute atomic E-state index is 12.5. The SMILES string of the molecule is CCC(NC(=O)N1CCCCC1CCO)c1cccs1. The van der Waals surface area contributed by atoms with Crippen molar-refractivity contribution in [2.45, 2.75) is 51.1 Å². The Morgan fingerprint density at radius 1 is 1.60 bits per heavy atom. The smallest absolute Gasteiger partial charge is 0.318 e. The van der Waals surface area contributed by atoms with Crippen molar-refractivity contribution in [3.8, 4) is 0 Å². The molecule has 4 nitrogen and oxygen atoms in total. The molecule has 2 heterocycles. The van der Waals surface area contributed by atoms with Gasteiger partial charge in [0, 0.05) is 24.1 Å². The minimum absolute atomic E-state index is 0.0170. The summed E-state index contributed by atoms with van der Waals surface area (Å²) in [7, 11) is 0. The van der Waals surface area contributed by atoms with Gasteiger partial charge in [0.1, 0.15) is 0 Å². The summed E-state index contributed by atoms with van der Waals surface area (Å²) in [6, 6.07) is 4.39. The van der Waals surface area contributed by atoms with Crippen molar-refractivity contribution >= 4 is 17.4 Å². The molecule has 2 atom stereocenters. The van der Waals surface area contributed by atoms with E-state index >= 15 is 0 Å². The zero-order chi connectivity index (χ0) is 14.4. The molecule has 0 aromatic carbocycles. The maximum atomic E-state index is 12.5. The number of aliphatic hydroxyl groups excluding tert-OH is 1. The highest BCUT2D eigenvalue weighted by Crippen LogP contribution is 2.24. The molecule has 2 N–H and O–H groups in total. The molecule has 5 heteroatoms. The summed E-state index contributed by atoms with van der Waals surface area (Å²) in [4.78, 5) is 15.6. The first-order chi connectivity index (χ1) is 9.76. The largest absolute Gasteiger partial charge is 0.396 e. The number of aliphatic hydroxyl groups is 1. The van der Waals surface area contributed by atoms with Crippen molar-refractivity contribution in [2.24, 2.45) is 0 Å². The summed E-state index contributed by atoms with van der Waals surface area (Å²) in [5.74, 6) is 0. The van der Waals surface area contributed by atoms with Crippen LogP contribution in [0.5, 0.6) is 0 Å². The van der Waals surface area contributed by atoms with E-state index in [1.807, 2.05) is 16.3 Å². The highest BCUT2D eigenvalue weighted by Gasteiger charge is 2.27. The van der Waals surface area contributed by atoms with Crippen molar-refractivity contribution in [3.63, 3.8) is 0 Å². The fourth-order valence-corrected chi connectivity index (χ4v) is 3.67. The van der Waals surface area contributed by atoms with E-state index in [4.69, 9.17) is 5.11 Å². The molecule has 2 rings (SSSR count). The summed E-state index contributed by atoms with van der Waals surface area (Å²) in [5, 5.41) is 14.3. The number of nitrogens with one attached hydrogen (secondary N) is 1. The number of urea groups is 1. The zero-order valence-corrected chi connectivity index (χ0v) is 12.9. The lowest BCUT2D eigenvalue weighted by Crippen LogP contribution is -2.49. The molecule has 112 valence electrons. The normalized spacial score (nSPS) is 20.7. The Kier molecular flexibility index (Phi) is 5.86. The first kappa shape index (κ1) is 15.3. The minimum Gasteiger partial charge on any atom is -0.396 e. The van der Waals surface area contributed by atoms with Crippen LogP contribution in [0.1, 0.15) is 49.9 Å². The molecular weight excluding hydrogens is 272 g/mol. The molecule has 2 unspecified atom stereocenters. The van der Waals surface area contributed by atoms with Crippen molar-refractivity contribution in [1.82, 2.24) is 10.2 Å².